The normalized spacial score (nSPS) is 12.9. The molecular formula is C7H2BrClF4O2S. The summed E-state index contributed by atoms with van der Waals surface area (Å²) in [4.78, 5) is -0.750. The van der Waals surface area contributed by atoms with Crippen LogP contribution in [0.5, 0.6) is 0 Å². The van der Waals surface area contributed by atoms with Crippen LogP contribution in [-0.2, 0) is 15.2 Å². The van der Waals surface area contributed by atoms with Crippen LogP contribution >= 0.6 is 26.6 Å². The third-order valence-corrected chi connectivity index (χ3v) is 4.02. The maximum absolute atomic E-state index is 13.2. The fourth-order valence-corrected chi connectivity index (χ4v) is 3.12. The minimum Gasteiger partial charge on any atom is -0.207 e. The zero-order valence-corrected chi connectivity index (χ0v) is 10.3. The van der Waals surface area contributed by atoms with Crippen LogP contribution in [-0.4, -0.2) is 8.42 Å². The summed E-state index contributed by atoms with van der Waals surface area (Å²) in [5, 5.41) is 0. The van der Waals surface area contributed by atoms with Crippen molar-refractivity contribution in [3.05, 3.63) is 28.0 Å². The van der Waals surface area contributed by atoms with Crippen molar-refractivity contribution in [2.24, 2.45) is 0 Å². The molecule has 90 valence electrons. The maximum atomic E-state index is 13.2. The lowest BCUT2D eigenvalue weighted by atomic mass is 10.2. The van der Waals surface area contributed by atoms with Gasteiger partial charge in [0.2, 0.25) is 0 Å². The molecule has 1 aromatic rings. The SMILES string of the molecule is O=S(=O)(Cl)c1ccc(C(F)(F)F)c(F)c1Br. The number of alkyl halides is 3. The van der Waals surface area contributed by atoms with Crippen molar-refractivity contribution in [2.45, 2.75) is 11.1 Å². The van der Waals surface area contributed by atoms with E-state index in [1.807, 2.05) is 0 Å². The topological polar surface area (TPSA) is 34.1 Å². The first-order valence-electron chi connectivity index (χ1n) is 3.55. The molecule has 0 atom stereocenters. The van der Waals surface area contributed by atoms with Gasteiger partial charge in [0.25, 0.3) is 9.05 Å². The number of benzene rings is 1. The first kappa shape index (κ1) is 13.7. The molecule has 0 aliphatic carbocycles. The van der Waals surface area contributed by atoms with E-state index in [1.54, 1.807) is 0 Å². The summed E-state index contributed by atoms with van der Waals surface area (Å²) < 4.78 is 70.7. The van der Waals surface area contributed by atoms with E-state index >= 15 is 0 Å². The van der Waals surface area contributed by atoms with Crippen LogP contribution in [0.4, 0.5) is 17.6 Å². The molecule has 0 fully saturated rings. The number of halogens is 6. The molecule has 1 rings (SSSR count). The summed E-state index contributed by atoms with van der Waals surface area (Å²) in [5.74, 6) is -1.71. The summed E-state index contributed by atoms with van der Waals surface area (Å²) in [6.07, 6.45) is -4.90. The van der Waals surface area contributed by atoms with Crippen molar-refractivity contribution in [1.29, 1.82) is 0 Å². The van der Waals surface area contributed by atoms with Gasteiger partial charge < -0.3 is 0 Å². The minimum atomic E-state index is -4.90. The van der Waals surface area contributed by atoms with Gasteiger partial charge in [0, 0.05) is 10.7 Å². The smallest absolute Gasteiger partial charge is 0.207 e. The predicted molar refractivity (Wildman–Crippen MR) is 52.1 cm³/mol. The van der Waals surface area contributed by atoms with E-state index in [1.165, 1.54) is 0 Å². The van der Waals surface area contributed by atoms with Crippen LogP contribution in [0, 0.1) is 5.82 Å². The van der Waals surface area contributed by atoms with Gasteiger partial charge in [0.15, 0.2) is 5.82 Å². The van der Waals surface area contributed by atoms with Crippen LogP contribution in [0.25, 0.3) is 0 Å². The largest absolute Gasteiger partial charge is 0.419 e. The molecule has 0 bridgehead atoms. The van der Waals surface area contributed by atoms with Gasteiger partial charge in [0.1, 0.15) is 0 Å². The van der Waals surface area contributed by atoms with Crippen molar-refractivity contribution in [1.82, 2.24) is 0 Å². The highest BCUT2D eigenvalue weighted by Gasteiger charge is 2.36. The Balaban J connectivity index is 3.54. The van der Waals surface area contributed by atoms with E-state index in [0.29, 0.717) is 12.1 Å². The van der Waals surface area contributed by atoms with E-state index in [2.05, 4.69) is 15.9 Å². The Morgan fingerprint density at radius 3 is 2.12 bits per heavy atom. The first-order chi connectivity index (χ1) is 7.05. The molecule has 0 aliphatic heterocycles. The van der Waals surface area contributed by atoms with Gasteiger partial charge in [-0.1, -0.05) is 0 Å². The van der Waals surface area contributed by atoms with E-state index < -0.39 is 36.0 Å². The van der Waals surface area contributed by atoms with Gasteiger partial charge in [-0.15, -0.1) is 0 Å². The molecule has 0 saturated heterocycles. The van der Waals surface area contributed by atoms with Crippen molar-refractivity contribution >= 4 is 35.7 Å². The molecule has 1 aromatic carbocycles. The number of hydrogen-bond donors (Lipinski definition) is 0. The fraction of sp³-hybridized carbons (Fsp3) is 0.143. The minimum absolute atomic E-state index is 0.315. The summed E-state index contributed by atoms with van der Waals surface area (Å²) in [6, 6.07) is 0.897. The molecule has 0 saturated carbocycles. The second-order valence-electron chi connectivity index (χ2n) is 2.67. The quantitative estimate of drug-likeness (QED) is 0.578. The molecule has 0 N–H and O–H groups in total. The van der Waals surface area contributed by atoms with E-state index in [-0.39, 0.29) is 0 Å². The molecule has 0 unspecified atom stereocenters. The summed E-state index contributed by atoms with van der Waals surface area (Å²) in [7, 11) is 0.596. The highest BCUT2D eigenvalue weighted by atomic mass is 79.9. The average Bonchev–Trinajstić information content (AvgIpc) is 2.05. The van der Waals surface area contributed by atoms with Crippen LogP contribution in [0.3, 0.4) is 0 Å². The molecule has 0 aromatic heterocycles. The van der Waals surface area contributed by atoms with Gasteiger partial charge in [-0.2, -0.15) is 13.2 Å². The molecule has 0 heterocycles. The van der Waals surface area contributed by atoms with E-state index in [0.717, 1.165) is 0 Å². The molecule has 0 radical (unpaired) electrons. The maximum Gasteiger partial charge on any atom is 0.419 e. The van der Waals surface area contributed by atoms with Crippen molar-refractivity contribution in [2.75, 3.05) is 0 Å². The third-order valence-electron chi connectivity index (χ3n) is 1.61. The summed E-state index contributed by atoms with van der Waals surface area (Å²) in [6.45, 7) is 0. The number of hydrogen-bond acceptors (Lipinski definition) is 2. The summed E-state index contributed by atoms with van der Waals surface area (Å²) >= 11 is 2.42. The Bertz CT molecular complexity index is 526. The lowest BCUT2D eigenvalue weighted by Gasteiger charge is -2.10. The lowest BCUT2D eigenvalue weighted by Crippen LogP contribution is -2.09. The van der Waals surface area contributed by atoms with Crippen molar-refractivity contribution in [3.8, 4) is 0 Å². The van der Waals surface area contributed by atoms with Crippen molar-refractivity contribution in [3.63, 3.8) is 0 Å². The predicted octanol–water partition coefficient (Wildman–Crippen LogP) is 3.53. The molecule has 2 nitrogen and oxygen atoms in total. The zero-order valence-electron chi connectivity index (χ0n) is 7.15. The van der Waals surface area contributed by atoms with Gasteiger partial charge in [-0.05, 0) is 28.1 Å². The molecular weight excluding hydrogens is 339 g/mol. The summed E-state index contributed by atoms with van der Waals surface area (Å²) in [5.41, 5.74) is -1.57. The highest BCUT2D eigenvalue weighted by Crippen LogP contribution is 2.37. The Kier molecular flexibility index (Phi) is 3.56. The highest BCUT2D eigenvalue weighted by molar-refractivity contribution is 9.10. The standard InChI is InChI=1S/C7H2BrClF4O2S/c8-5-4(16(9,14)15)2-1-3(6(5)10)7(11,12)13/h1-2H. The second-order valence-corrected chi connectivity index (χ2v) is 6.00. The Morgan fingerprint density at radius 2 is 1.75 bits per heavy atom. The molecule has 0 aliphatic rings. The second kappa shape index (κ2) is 4.15. The van der Waals surface area contributed by atoms with E-state index in [9.17, 15) is 26.0 Å². The van der Waals surface area contributed by atoms with Gasteiger partial charge >= 0.3 is 6.18 Å². The monoisotopic (exact) mass is 340 g/mol. The van der Waals surface area contributed by atoms with Crippen LogP contribution in [0.15, 0.2) is 21.5 Å². The average molecular weight is 342 g/mol. The lowest BCUT2D eigenvalue weighted by molar-refractivity contribution is -0.140. The van der Waals surface area contributed by atoms with Gasteiger partial charge in [-0.3, -0.25) is 0 Å². The van der Waals surface area contributed by atoms with E-state index in [4.69, 9.17) is 10.7 Å². The Morgan fingerprint density at radius 1 is 1.25 bits per heavy atom. The van der Waals surface area contributed by atoms with Crippen LogP contribution < -0.4 is 0 Å². The Hall–Kier alpha value is -0.340. The first-order valence-corrected chi connectivity index (χ1v) is 6.65. The van der Waals surface area contributed by atoms with Gasteiger partial charge in [-0.25, -0.2) is 12.8 Å². The van der Waals surface area contributed by atoms with Crippen LogP contribution in [0.2, 0.25) is 0 Å². The fourth-order valence-electron chi connectivity index (χ4n) is 0.939. The van der Waals surface area contributed by atoms with Crippen LogP contribution in [0.1, 0.15) is 5.56 Å². The molecule has 0 spiro atoms. The number of rotatable bonds is 1. The van der Waals surface area contributed by atoms with Gasteiger partial charge in [0.05, 0.1) is 14.9 Å². The molecule has 9 heteroatoms. The third kappa shape index (κ3) is 2.67. The zero-order chi connectivity index (χ0) is 12.7. The van der Waals surface area contributed by atoms with Crippen molar-refractivity contribution < 1.29 is 26.0 Å². The molecule has 0 amide bonds. The Labute approximate surface area is 101 Å². The molecule has 16 heavy (non-hydrogen) atoms.